The Morgan fingerprint density at radius 1 is 1.75 bits per heavy atom. The smallest absolute Gasteiger partial charge is 0.226 e. The Morgan fingerprint density at radius 3 is 2.75 bits per heavy atom. The highest BCUT2D eigenvalue weighted by atomic mass is 32.1. The normalized spacial score (nSPS) is 8.58. The van der Waals surface area contributed by atoms with Crippen molar-refractivity contribution in [2.75, 3.05) is 0 Å². The zero-order chi connectivity index (χ0) is 9.14. The maximum Gasteiger partial charge on any atom is 0.247 e. The highest BCUT2D eigenvalue weighted by Crippen LogP contribution is 2.40. The number of hydrogen-bond acceptors (Lipinski definition) is 4. The zero-order valence-corrected chi connectivity index (χ0v) is 7.07. The molecule has 12 heavy (non-hydrogen) atoms. The average molecular weight is 176 g/mol. The number of nitrogens with zero attached hydrogens (tertiary/aromatic N) is 3. The van der Waals surface area contributed by atoms with Gasteiger partial charge in [-0.1, -0.05) is 0 Å². The summed E-state index contributed by atoms with van der Waals surface area (Å²) in [6.07, 6.45) is 0. The minimum Gasteiger partial charge on any atom is -0.226 e. The lowest BCUT2D eigenvalue weighted by molar-refractivity contribution is 1.16. The predicted molar refractivity (Wildman–Crippen MR) is 44.8 cm³/mol. The van der Waals surface area contributed by atoms with Crippen molar-refractivity contribution in [3.63, 3.8) is 0 Å². The minimum absolute atomic E-state index is 0.320. The van der Waals surface area contributed by atoms with Crippen molar-refractivity contribution in [2.45, 2.75) is 6.92 Å². The SMILES string of the molecule is [C-]#[N+]c1sc(N=N)c(C#N)c1C. The van der Waals surface area contributed by atoms with Crippen LogP contribution in [0.2, 0.25) is 0 Å². The van der Waals surface area contributed by atoms with E-state index in [4.69, 9.17) is 17.4 Å². The molecule has 0 saturated carbocycles. The highest BCUT2D eigenvalue weighted by Gasteiger charge is 2.13. The molecule has 58 valence electrons. The van der Waals surface area contributed by atoms with Crippen LogP contribution in [0, 0.1) is 30.4 Å². The molecule has 0 unspecified atom stereocenters. The largest absolute Gasteiger partial charge is 0.247 e. The molecule has 1 heterocycles. The van der Waals surface area contributed by atoms with Gasteiger partial charge in [0.05, 0.1) is 12.1 Å². The molecule has 0 aromatic carbocycles. The zero-order valence-electron chi connectivity index (χ0n) is 6.25. The molecule has 5 heteroatoms. The van der Waals surface area contributed by atoms with E-state index in [1.807, 2.05) is 6.07 Å². The maximum atomic E-state index is 8.65. The first kappa shape index (κ1) is 8.38. The van der Waals surface area contributed by atoms with Gasteiger partial charge in [0.1, 0.15) is 11.1 Å². The Bertz CT molecular complexity index is 404. The van der Waals surface area contributed by atoms with Gasteiger partial charge >= 0.3 is 0 Å². The second-order valence-corrected chi connectivity index (χ2v) is 3.03. The first-order valence-electron chi connectivity index (χ1n) is 3.03. The highest BCUT2D eigenvalue weighted by molar-refractivity contribution is 7.20. The summed E-state index contributed by atoms with van der Waals surface area (Å²) in [5, 5.41) is 12.6. The van der Waals surface area contributed by atoms with Crippen LogP contribution in [0.4, 0.5) is 10.0 Å². The van der Waals surface area contributed by atoms with Crippen molar-refractivity contribution >= 4 is 21.3 Å². The first-order chi connectivity index (χ1) is 5.74. The first-order valence-corrected chi connectivity index (χ1v) is 3.84. The van der Waals surface area contributed by atoms with Crippen molar-refractivity contribution in [3.8, 4) is 6.07 Å². The van der Waals surface area contributed by atoms with Gasteiger partial charge < -0.3 is 0 Å². The van der Waals surface area contributed by atoms with Gasteiger partial charge in [0.2, 0.25) is 5.00 Å². The minimum atomic E-state index is 0.320. The predicted octanol–water partition coefficient (Wildman–Crippen LogP) is 3.14. The summed E-state index contributed by atoms with van der Waals surface area (Å²) >= 11 is 1.08. The van der Waals surface area contributed by atoms with E-state index in [0.717, 1.165) is 11.3 Å². The Kier molecular flexibility index (Phi) is 2.18. The van der Waals surface area contributed by atoms with E-state index in [0.29, 0.717) is 21.1 Å². The fraction of sp³-hybridized carbons (Fsp3) is 0.143. The van der Waals surface area contributed by atoms with Gasteiger partial charge in [0, 0.05) is 0 Å². The number of rotatable bonds is 1. The summed E-state index contributed by atoms with van der Waals surface area (Å²) in [5.74, 6) is 0. The van der Waals surface area contributed by atoms with Crippen molar-refractivity contribution in [1.82, 2.24) is 0 Å². The second-order valence-electron chi connectivity index (χ2n) is 2.05. The molecule has 0 saturated heterocycles. The van der Waals surface area contributed by atoms with E-state index in [-0.39, 0.29) is 0 Å². The topological polar surface area (TPSA) is 64.4 Å². The third-order valence-corrected chi connectivity index (χ3v) is 2.50. The van der Waals surface area contributed by atoms with Gasteiger partial charge in [0.25, 0.3) is 0 Å². The van der Waals surface area contributed by atoms with Crippen LogP contribution in [0.15, 0.2) is 5.11 Å². The van der Waals surface area contributed by atoms with E-state index >= 15 is 0 Å². The van der Waals surface area contributed by atoms with Crippen LogP contribution in [-0.2, 0) is 0 Å². The van der Waals surface area contributed by atoms with Crippen LogP contribution in [0.5, 0.6) is 0 Å². The fourth-order valence-corrected chi connectivity index (χ4v) is 1.63. The molecule has 0 aliphatic rings. The van der Waals surface area contributed by atoms with E-state index in [1.165, 1.54) is 0 Å². The van der Waals surface area contributed by atoms with Crippen LogP contribution < -0.4 is 0 Å². The number of nitrogens with one attached hydrogen (secondary N) is 1. The summed E-state index contributed by atoms with van der Waals surface area (Å²) in [4.78, 5) is 3.22. The van der Waals surface area contributed by atoms with E-state index < -0.39 is 0 Å². The van der Waals surface area contributed by atoms with Crippen molar-refractivity contribution in [1.29, 1.82) is 10.8 Å². The number of hydrogen-bond donors (Lipinski definition) is 1. The van der Waals surface area contributed by atoms with Gasteiger partial charge in [0.15, 0.2) is 0 Å². The quantitative estimate of drug-likeness (QED) is 0.518. The Hall–Kier alpha value is -1.72. The van der Waals surface area contributed by atoms with Crippen molar-refractivity contribution in [3.05, 3.63) is 22.5 Å². The molecule has 1 aromatic rings. The van der Waals surface area contributed by atoms with Crippen LogP contribution in [-0.4, -0.2) is 0 Å². The Morgan fingerprint density at radius 2 is 2.42 bits per heavy atom. The van der Waals surface area contributed by atoms with Crippen LogP contribution in [0.1, 0.15) is 11.1 Å². The average Bonchev–Trinajstić information content (AvgIpc) is 2.41. The molecule has 0 amide bonds. The molecule has 0 spiro atoms. The molecule has 1 rings (SSSR count). The summed E-state index contributed by atoms with van der Waals surface area (Å²) < 4.78 is 0. The summed E-state index contributed by atoms with van der Waals surface area (Å²) in [6.45, 7) is 8.46. The van der Waals surface area contributed by atoms with E-state index in [1.54, 1.807) is 6.92 Å². The summed E-state index contributed by atoms with van der Waals surface area (Å²) in [5.41, 5.74) is 7.73. The summed E-state index contributed by atoms with van der Waals surface area (Å²) in [6, 6.07) is 1.92. The van der Waals surface area contributed by atoms with E-state index in [9.17, 15) is 0 Å². The van der Waals surface area contributed by atoms with Crippen LogP contribution in [0.25, 0.3) is 4.85 Å². The lowest BCUT2D eigenvalue weighted by atomic mass is 10.2. The summed E-state index contributed by atoms with van der Waals surface area (Å²) in [7, 11) is 0. The van der Waals surface area contributed by atoms with Crippen LogP contribution in [0.3, 0.4) is 0 Å². The Balaban J connectivity index is 3.47. The molecule has 0 atom stereocenters. The lowest BCUT2D eigenvalue weighted by Gasteiger charge is -1.85. The van der Waals surface area contributed by atoms with Gasteiger partial charge in [-0.25, -0.2) is 10.4 Å². The molecule has 4 nitrogen and oxygen atoms in total. The molecular weight excluding hydrogens is 172 g/mol. The monoisotopic (exact) mass is 176 g/mol. The maximum absolute atomic E-state index is 8.65. The molecule has 1 aromatic heterocycles. The van der Waals surface area contributed by atoms with Gasteiger partial charge in [-0.15, -0.1) is 16.5 Å². The standard InChI is InChI=1S/C7H4N4S/c1-4-5(3-8)7(11-9)12-6(4)10-2/h9H,1H3. The van der Waals surface area contributed by atoms with Crippen LogP contribution >= 0.6 is 11.3 Å². The molecule has 0 aliphatic heterocycles. The molecule has 0 fully saturated rings. The fourth-order valence-electron chi connectivity index (χ4n) is 0.804. The third kappa shape index (κ3) is 1.07. The Labute approximate surface area is 73.4 Å². The molecule has 1 N–H and O–H groups in total. The third-order valence-electron chi connectivity index (χ3n) is 1.42. The number of thiophene rings is 1. The van der Waals surface area contributed by atoms with E-state index in [2.05, 4.69) is 9.96 Å². The molecule has 0 bridgehead atoms. The lowest BCUT2D eigenvalue weighted by Crippen LogP contribution is -1.71. The molecule has 0 radical (unpaired) electrons. The van der Waals surface area contributed by atoms with Crippen molar-refractivity contribution in [2.24, 2.45) is 5.11 Å². The number of nitriles is 1. The molecule has 0 aliphatic carbocycles. The second kappa shape index (κ2) is 3.12. The molecular formula is C7H4N4S. The van der Waals surface area contributed by atoms with Gasteiger partial charge in [-0.2, -0.15) is 5.26 Å². The van der Waals surface area contributed by atoms with Gasteiger partial charge in [-0.05, 0) is 12.5 Å². The van der Waals surface area contributed by atoms with Crippen molar-refractivity contribution < 1.29 is 0 Å². The van der Waals surface area contributed by atoms with Gasteiger partial charge in [-0.3, -0.25) is 0 Å².